The Morgan fingerprint density at radius 3 is 2.67 bits per heavy atom. The molecular weight excluding hydrogens is 420 g/mol. The summed E-state index contributed by atoms with van der Waals surface area (Å²) in [4.78, 5) is 31.7. The number of furan rings is 1. The fourth-order valence-corrected chi connectivity index (χ4v) is 4.09. The van der Waals surface area contributed by atoms with E-state index in [1.807, 2.05) is 26.8 Å². The normalized spacial score (nSPS) is 17.7. The van der Waals surface area contributed by atoms with Crippen molar-refractivity contribution in [2.24, 2.45) is 0 Å². The number of rotatable bonds is 7. The van der Waals surface area contributed by atoms with E-state index in [0.29, 0.717) is 23.5 Å². The SMILES string of the molecule is CCOc1ccc(/C(O)=C2/C(=O)C(=O)N(Cc3ccco3)C2c2cccnc2)cc1C(C)C. The molecule has 170 valence electrons. The van der Waals surface area contributed by atoms with Crippen LogP contribution in [0, 0.1) is 0 Å². The Balaban J connectivity index is 1.85. The Morgan fingerprint density at radius 1 is 1.21 bits per heavy atom. The van der Waals surface area contributed by atoms with Gasteiger partial charge in [-0.05, 0) is 60.4 Å². The van der Waals surface area contributed by atoms with Crippen molar-refractivity contribution in [1.82, 2.24) is 9.88 Å². The minimum absolute atomic E-state index is 0.0263. The molecule has 0 spiro atoms. The molecule has 3 heterocycles. The van der Waals surface area contributed by atoms with E-state index in [1.165, 1.54) is 11.2 Å². The maximum Gasteiger partial charge on any atom is 0.296 e. The third kappa shape index (κ3) is 4.26. The van der Waals surface area contributed by atoms with Crippen LogP contribution in [0.15, 0.2) is 71.1 Å². The van der Waals surface area contributed by atoms with Gasteiger partial charge in [-0.1, -0.05) is 19.9 Å². The molecule has 1 saturated heterocycles. The van der Waals surface area contributed by atoms with E-state index in [2.05, 4.69) is 4.98 Å². The molecule has 33 heavy (non-hydrogen) atoms. The van der Waals surface area contributed by atoms with E-state index >= 15 is 0 Å². The van der Waals surface area contributed by atoms with Crippen LogP contribution in [-0.2, 0) is 16.1 Å². The number of ether oxygens (including phenoxy) is 1. The topological polar surface area (TPSA) is 92.9 Å². The zero-order chi connectivity index (χ0) is 23.5. The van der Waals surface area contributed by atoms with Gasteiger partial charge in [-0.15, -0.1) is 0 Å². The van der Waals surface area contributed by atoms with Gasteiger partial charge < -0.3 is 19.2 Å². The monoisotopic (exact) mass is 446 g/mol. The molecule has 2 aromatic heterocycles. The number of nitrogens with zero attached hydrogens (tertiary/aromatic N) is 2. The highest BCUT2D eigenvalue weighted by atomic mass is 16.5. The van der Waals surface area contributed by atoms with Crippen LogP contribution in [0.25, 0.3) is 5.76 Å². The minimum Gasteiger partial charge on any atom is -0.507 e. The van der Waals surface area contributed by atoms with Gasteiger partial charge in [0.25, 0.3) is 11.7 Å². The van der Waals surface area contributed by atoms with Crippen molar-refractivity contribution >= 4 is 17.4 Å². The molecule has 0 aliphatic carbocycles. The van der Waals surface area contributed by atoms with Crippen molar-refractivity contribution in [1.29, 1.82) is 0 Å². The molecule has 7 heteroatoms. The minimum atomic E-state index is -0.794. The number of hydrogen-bond donors (Lipinski definition) is 1. The number of likely N-dealkylation sites (tertiary alicyclic amines) is 1. The van der Waals surface area contributed by atoms with Gasteiger partial charge in [0.1, 0.15) is 17.3 Å². The van der Waals surface area contributed by atoms with Crippen LogP contribution in [0.2, 0.25) is 0 Å². The number of carbonyl (C=O) groups excluding carboxylic acids is 2. The first-order chi connectivity index (χ1) is 15.9. The van der Waals surface area contributed by atoms with E-state index in [-0.39, 0.29) is 23.8 Å². The number of benzene rings is 1. The average molecular weight is 447 g/mol. The second kappa shape index (κ2) is 9.32. The fourth-order valence-electron chi connectivity index (χ4n) is 4.09. The lowest BCUT2D eigenvalue weighted by Crippen LogP contribution is -2.29. The van der Waals surface area contributed by atoms with Gasteiger partial charge in [-0.2, -0.15) is 0 Å². The number of aliphatic hydroxyl groups excluding tert-OH is 1. The number of amides is 1. The molecule has 3 aromatic rings. The van der Waals surface area contributed by atoms with E-state index in [1.54, 1.807) is 48.8 Å². The van der Waals surface area contributed by atoms with Crippen molar-refractivity contribution in [2.75, 3.05) is 6.61 Å². The van der Waals surface area contributed by atoms with Gasteiger partial charge in [0.05, 0.1) is 31.0 Å². The molecule has 4 rings (SSSR count). The summed E-state index contributed by atoms with van der Waals surface area (Å²) in [5.74, 6) is -0.270. The van der Waals surface area contributed by atoms with Crippen molar-refractivity contribution in [3.63, 3.8) is 0 Å². The summed E-state index contributed by atoms with van der Waals surface area (Å²) in [5, 5.41) is 11.3. The van der Waals surface area contributed by atoms with Crippen LogP contribution in [0.4, 0.5) is 0 Å². The summed E-state index contributed by atoms with van der Waals surface area (Å²) in [6.45, 7) is 6.57. The van der Waals surface area contributed by atoms with Crippen molar-refractivity contribution < 1.29 is 23.8 Å². The number of Topliss-reactive ketones (excluding diaryl/α,β-unsaturated/α-hetero) is 1. The number of ketones is 1. The quantitative estimate of drug-likeness (QED) is 0.318. The molecule has 0 saturated carbocycles. The molecule has 1 unspecified atom stereocenters. The van der Waals surface area contributed by atoms with Crippen LogP contribution in [0.5, 0.6) is 5.75 Å². The predicted octanol–water partition coefficient (Wildman–Crippen LogP) is 4.82. The predicted molar refractivity (Wildman–Crippen MR) is 122 cm³/mol. The van der Waals surface area contributed by atoms with Gasteiger partial charge in [-0.3, -0.25) is 14.6 Å². The molecule has 1 amide bonds. The Kier molecular flexibility index (Phi) is 6.31. The maximum absolute atomic E-state index is 13.1. The molecule has 0 bridgehead atoms. The van der Waals surface area contributed by atoms with Crippen LogP contribution in [-0.4, -0.2) is 33.3 Å². The fraction of sp³-hybridized carbons (Fsp3) is 0.269. The Morgan fingerprint density at radius 2 is 2.03 bits per heavy atom. The molecule has 1 N–H and O–H groups in total. The third-order valence-corrected chi connectivity index (χ3v) is 5.65. The van der Waals surface area contributed by atoms with Crippen molar-refractivity contribution in [3.8, 4) is 5.75 Å². The average Bonchev–Trinajstić information content (AvgIpc) is 3.42. The first-order valence-corrected chi connectivity index (χ1v) is 10.9. The summed E-state index contributed by atoms with van der Waals surface area (Å²) in [5.41, 5.74) is 2.01. The summed E-state index contributed by atoms with van der Waals surface area (Å²) >= 11 is 0. The largest absolute Gasteiger partial charge is 0.507 e. The lowest BCUT2D eigenvalue weighted by molar-refractivity contribution is -0.140. The number of carbonyl (C=O) groups is 2. The summed E-state index contributed by atoms with van der Waals surface area (Å²) in [6, 6.07) is 11.5. The number of aromatic nitrogens is 1. The molecule has 0 radical (unpaired) electrons. The van der Waals surface area contributed by atoms with Gasteiger partial charge >= 0.3 is 0 Å². The van der Waals surface area contributed by atoms with Crippen molar-refractivity contribution in [2.45, 2.75) is 39.3 Å². The highest BCUT2D eigenvalue weighted by Gasteiger charge is 2.46. The van der Waals surface area contributed by atoms with Crippen LogP contribution < -0.4 is 4.74 Å². The lowest BCUT2D eigenvalue weighted by atomic mass is 9.93. The van der Waals surface area contributed by atoms with Crippen LogP contribution in [0.3, 0.4) is 0 Å². The summed E-state index contributed by atoms with van der Waals surface area (Å²) < 4.78 is 11.1. The zero-order valence-corrected chi connectivity index (χ0v) is 18.8. The number of aliphatic hydroxyl groups is 1. The van der Waals surface area contributed by atoms with Gasteiger partial charge in [0.2, 0.25) is 0 Å². The molecular formula is C26H26N2O5. The van der Waals surface area contributed by atoms with Crippen LogP contribution in [0.1, 0.15) is 55.2 Å². The third-order valence-electron chi connectivity index (χ3n) is 5.65. The van der Waals surface area contributed by atoms with E-state index in [4.69, 9.17) is 9.15 Å². The molecule has 1 aromatic carbocycles. The van der Waals surface area contributed by atoms with E-state index < -0.39 is 17.7 Å². The van der Waals surface area contributed by atoms with Crippen molar-refractivity contribution in [3.05, 3.63) is 89.1 Å². The number of pyridine rings is 1. The molecule has 7 nitrogen and oxygen atoms in total. The molecule has 1 aliphatic heterocycles. The highest BCUT2D eigenvalue weighted by Crippen LogP contribution is 2.41. The first kappa shape index (κ1) is 22.3. The maximum atomic E-state index is 13.1. The Hall–Kier alpha value is -3.87. The first-order valence-electron chi connectivity index (χ1n) is 10.9. The lowest BCUT2D eigenvalue weighted by Gasteiger charge is -2.24. The smallest absolute Gasteiger partial charge is 0.296 e. The molecule has 1 fully saturated rings. The van der Waals surface area contributed by atoms with E-state index in [0.717, 1.165) is 11.3 Å². The summed E-state index contributed by atoms with van der Waals surface area (Å²) in [7, 11) is 0. The second-order valence-corrected chi connectivity index (χ2v) is 8.13. The Bertz CT molecular complexity index is 1180. The standard InChI is InChI=1S/C26H26N2O5/c1-4-32-21-10-9-17(13-20(21)16(2)3)24(29)22-23(18-7-5-11-27-14-18)28(26(31)25(22)30)15-19-8-6-12-33-19/h5-14,16,23,29H,4,15H2,1-3H3/b24-22-. The highest BCUT2D eigenvalue weighted by molar-refractivity contribution is 6.46. The second-order valence-electron chi connectivity index (χ2n) is 8.13. The van der Waals surface area contributed by atoms with E-state index in [9.17, 15) is 14.7 Å². The summed E-state index contributed by atoms with van der Waals surface area (Å²) in [6.07, 6.45) is 4.72. The Labute approximate surface area is 192 Å². The van der Waals surface area contributed by atoms with Gasteiger partial charge in [-0.25, -0.2) is 0 Å². The number of hydrogen-bond acceptors (Lipinski definition) is 6. The molecule has 1 atom stereocenters. The molecule has 1 aliphatic rings. The van der Waals surface area contributed by atoms with Crippen LogP contribution >= 0.6 is 0 Å². The van der Waals surface area contributed by atoms with Gasteiger partial charge in [0.15, 0.2) is 0 Å². The zero-order valence-electron chi connectivity index (χ0n) is 18.8. The van der Waals surface area contributed by atoms with Gasteiger partial charge in [0, 0.05) is 18.0 Å².